The Balaban J connectivity index is 1.76. The van der Waals surface area contributed by atoms with E-state index in [-0.39, 0.29) is 0 Å². The highest BCUT2D eigenvalue weighted by atomic mass is 16.5. The van der Waals surface area contributed by atoms with Gasteiger partial charge >= 0.3 is 0 Å². The minimum atomic E-state index is 0.336. The van der Waals surface area contributed by atoms with Crippen LogP contribution in [0.15, 0.2) is 12.1 Å². The smallest absolute Gasteiger partial charge is 0.178 e. The fourth-order valence-electron chi connectivity index (χ4n) is 3.07. The lowest BCUT2D eigenvalue weighted by Crippen LogP contribution is -2.37. The van der Waals surface area contributed by atoms with Crippen molar-refractivity contribution in [1.82, 2.24) is 24.7 Å². The topological polar surface area (TPSA) is 58.8 Å². The van der Waals surface area contributed by atoms with Crippen molar-refractivity contribution in [3.63, 3.8) is 0 Å². The summed E-state index contributed by atoms with van der Waals surface area (Å²) in [5.41, 5.74) is 0.798. The number of hydrogen-bond acceptors (Lipinski definition) is 6. The minimum Gasteiger partial charge on any atom is -0.380 e. The summed E-state index contributed by atoms with van der Waals surface area (Å²) < 4.78 is 7.32. The first-order valence-electron chi connectivity index (χ1n) is 7.78. The van der Waals surface area contributed by atoms with E-state index in [2.05, 4.69) is 46.1 Å². The highest BCUT2D eigenvalue weighted by Crippen LogP contribution is 2.20. The van der Waals surface area contributed by atoms with Gasteiger partial charge in [0.15, 0.2) is 11.5 Å². The Hall–Kier alpha value is -1.73. The van der Waals surface area contributed by atoms with Gasteiger partial charge in [0.25, 0.3) is 0 Å². The second-order valence-corrected chi connectivity index (χ2v) is 6.00. The Morgan fingerprint density at radius 1 is 1.36 bits per heavy atom. The van der Waals surface area contributed by atoms with Gasteiger partial charge in [-0.15, -0.1) is 15.3 Å². The largest absolute Gasteiger partial charge is 0.380 e. The van der Waals surface area contributed by atoms with E-state index >= 15 is 0 Å². The molecule has 0 spiro atoms. The summed E-state index contributed by atoms with van der Waals surface area (Å²) in [6.07, 6.45) is 2.22. The van der Waals surface area contributed by atoms with Gasteiger partial charge in [0.1, 0.15) is 5.82 Å². The van der Waals surface area contributed by atoms with Crippen LogP contribution in [0.2, 0.25) is 0 Å². The van der Waals surface area contributed by atoms with E-state index in [1.54, 1.807) is 7.11 Å². The fourth-order valence-corrected chi connectivity index (χ4v) is 3.07. The number of fused-ring (bicyclic) bond motifs is 1. The van der Waals surface area contributed by atoms with Crippen molar-refractivity contribution in [3.05, 3.63) is 18.0 Å². The molecule has 1 saturated heterocycles. The van der Waals surface area contributed by atoms with Gasteiger partial charge in [0, 0.05) is 39.7 Å². The van der Waals surface area contributed by atoms with Crippen LogP contribution in [0.5, 0.6) is 0 Å². The molecule has 2 aromatic rings. The molecule has 3 rings (SSSR count). The van der Waals surface area contributed by atoms with Crippen molar-refractivity contribution in [2.24, 2.45) is 0 Å². The number of methoxy groups -OCH3 is 1. The van der Waals surface area contributed by atoms with Crippen LogP contribution in [0.4, 0.5) is 5.82 Å². The molecular formula is C15H24N6O. The van der Waals surface area contributed by atoms with E-state index in [1.165, 1.54) is 0 Å². The quantitative estimate of drug-likeness (QED) is 0.816. The first-order chi connectivity index (χ1) is 10.6. The number of ether oxygens (including phenoxy) is 1. The van der Waals surface area contributed by atoms with Crippen LogP contribution in [0.3, 0.4) is 0 Å². The molecule has 120 valence electrons. The predicted octanol–water partition coefficient (Wildman–Crippen LogP) is 0.842. The number of anilines is 1. The molecule has 3 heterocycles. The molecule has 0 saturated carbocycles. The monoisotopic (exact) mass is 304 g/mol. The van der Waals surface area contributed by atoms with Gasteiger partial charge in [-0.2, -0.15) is 4.52 Å². The average molecular weight is 304 g/mol. The first-order valence-corrected chi connectivity index (χ1v) is 7.78. The Kier molecular flexibility index (Phi) is 4.26. The number of rotatable bonds is 5. The van der Waals surface area contributed by atoms with Crippen LogP contribution >= 0.6 is 0 Å². The van der Waals surface area contributed by atoms with Crippen molar-refractivity contribution in [2.45, 2.75) is 31.9 Å². The van der Waals surface area contributed by atoms with Crippen LogP contribution in [0, 0.1) is 0 Å². The highest BCUT2D eigenvalue weighted by molar-refractivity contribution is 5.45. The third kappa shape index (κ3) is 2.78. The summed E-state index contributed by atoms with van der Waals surface area (Å²) in [4.78, 5) is 4.55. The lowest BCUT2D eigenvalue weighted by Gasteiger charge is -2.26. The number of aromatic nitrogens is 4. The molecule has 0 aromatic carbocycles. The molecule has 0 N–H and O–H groups in total. The van der Waals surface area contributed by atoms with Gasteiger partial charge in [-0.25, -0.2) is 0 Å². The summed E-state index contributed by atoms with van der Waals surface area (Å²) in [7, 11) is 6.03. The van der Waals surface area contributed by atoms with Gasteiger partial charge in [0.2, 0.25) is 0 Å². The molecular weight excluding hydrogens is 280 g/mol. The van der Waals surface area contributed by atoms with E-state index in [1.807, 2.05) is 16.6 Å². The molecule has 0 radical (unpaired) electrons. The van der Waals surface area contributed by atoms with Crippen LogP contribution < -0.4 is 4.90 Å². The van der Waals surface area contributed by atoms with E-state index in [0.717, 1.165) is 43.2 Å². The normalized spacial score (nSPS) is 22.5. The Bertz CT molecular complexity index is 642. The standard InChI is InChI=1S/C15H24N6O/c1-5-13-16-17-14-6-7-15(18-21(13)14)20(3)9-11-8-12(22-4)10-19(11)2/h6-7,11-12H,5,8-10H2,1-4H3/t11-,12-/m0/s1. The molecule has 2 aromatic heterocycles. The van der Waals surface area contributed by atoms with E-state index in [4.69, 9.17) is 4.74 Å². The van der Waals surface area contributed by atoms with Crippen LogP contribution in [-0.2, 0) is 11.2 Å². The fraction of sp³-hybridized carbons (Fsp3) is 0.667. The minimum absolute atomic E-state index is 0.336. The molecule has 7 heteroatoms. The number of likely N-dealkylation sites (N-methyl/N-ethyl adjacent to an activating group) is 2. The summed E-state index contributed by atoms with van der Waals surface area (Å²) in [6.45, 7) is 3.98. The zero-order chi connectivity index (χ0) is 15.7. The maximum absolute atomic E-state index is 5.48. The maximum atomic E-state index is 5.48. The third-order valence-corrected chi connectivity index (χ3v) is 4.49. The van der Waals surface area contributed by atoms with Crippen LogP contribution in [0.1, 0.15) is 19.2 Å². The second-order valence-electron chi connectivity index (χ2n) is 6.00. The van der Waals surface area contributed by atoms with Gasteiger partial charge in [0.05, 0.1) is 6.10 Å². The van der Waals surface area contributed by atoms with E-state index in [9.17, 15) is 0 Å². The van der Waals surface area contributed by atoms with E-state index in [0.29, 0.717) is 12.1 Å². The summed E-state index contributed by atoms with van der Waals surface area (Å²) in [5.74, 6) is 1.83. The molecule has 1 aliphatic heterocycles. The van der Waals surface area contributed by atoms with Gasteiger partial charge in [-0.3, -0.25) is 4.90 Å². The number of hydrogen-bond donors (Lipinski definition) is 0. The zero-order valence-corrected chi connectivity index (χ0v) is 13.7. The lowest BCUT2D eigenvalue weighted by molar-refractivity contribution is 0.111. The van der Waals surface area contributed by atoms with Crippen molar-refractivity contribution in [2.75, 3.05) is 39.2 Å². The van der Waals surface area contributed by atoms with Crippen molar-refractivity contribution in [1.29, 1.82) is 0 Å². The number of aryl methyl sites for hydroxylation is 1. The summed E-state index contributed by atoms with van der Waals surface area (Å²) in [5, 5.41) is 13.0. The molecule has 0 amide bonds. The maximum Gasteiger partial charge on any atom is 0.178 e. The van der Waals surface area contributed by atoms with Crippen molar-refractivity contribution >= 4 is 11.5 Å². The van der Waals surface area contributed by atoms with Crippen molar-refractivity contribution in [3.8, 4) is 0 Å². The Labute approximate surface area is 130 Å². The van der Waals surface area contributed by atoms with Crippen LogP contribution in [0.25, 0.3) is 5.65 Å². The molecule has 2 atom stereocenters. The summed E-state index contributed by atoms with van der Waals surface area (Å²) >= 11 is 0. The van der Waals surface area contributed by atoms with Crippen LogP contribution in [-0.4, -0.2) is 71.2 Å². The third-order valence-electron chi connectivity index (χ3n) is 4.49. The second kappa shape index (κ2) is 6.18. The lowest BCUT2D eigenvalue weighted by atomic mass is 10.2. The van der Waals surface area contributed by atoms with Gasteiger partial charge in [-0.1, -0.05) is 6.92 Å². The first kappa shape index (κ1) is 15.2. The molecule has 22 heavy (non-hydrogen) atoms. The Morgan fingerprint density at radius 2 is 2.18 bits per heavy atom. The van der Waals surface area contributed by atoms with Gasteiger partial charge < -0.3 is 9.64 Å². The van der Waals surface area contributed by atoms with E-state index < -0.39 is 0 Å². The molecule has 0 aliphatic carbocycles. The molecule has 1 aliphatic rings. The molecule has 1 fully saturated rings. The SMILES string of the molecule is CCc1nnc2ccc(N(C)C[C@@H]3C[C@H](OC)CN3C)nn12. The predicted molar refractivity (Wildman–Crippen MR) is 85.3 cm³/mol. The molecule has 0 bridgehead atoms. The zero-order valence-electron chi connectivity index (χ0n) is 13.7. The average Bonchev–Trinajstić information content (AvgIpc) is 3.10. The molecule has 0 unspecified atom stereocenters. The van der Waals surface area contributed by atoms with Gasteiger partial charge in [-0.05, 0) is 25.6 Å². The number of nitrogens with zero attached hydrogens (tertiary/aromatic N) is 6. The molecule has 7 nitrogen and oxygen atoms in total. The Morgan fingerprint density at radius 3 is 2.86 bits per heavy atom. The highest BCUT2D eigenvalue weighted by Gasteiger charge is 2.30. The number of likely N-dealkylation sites (tertiary alicyclic amines) is 1. The van der Waals surface area contributed by atoms with Crippen molar-refractivity contribution < 1.29 is 4.74 Å². The summed E-state index contributed by atoms with van der Waals surface area (Å²) in [6, 6.07) is 4.46.